The Morgan fingerprint density at radius 2 is 1.80 bits per heavy atom. The largest absolute Gasteiger partial charge is 0.267 e. The Morgan fingerprint density at radius 1 is 1.33 bits per heavy atom. The second-order valence-electron chi connectivity index (χ2n) is 2.34. The maximum atomic E-state index is 11.4. The highest BCUT2D eigenvalue weighted by molar-refractivity contribution is 9.10. The van der Waals surface area contributed by atoms with Crippen molar-refractivity contribution in [3.8, 4) is 0 Å². The Labute approximate surface area is 104 Å². The molecule has 1 aromatic rings. The van der Waals surface area contributed by atoms with Gasteiger partial charge in [-0.05, 0) is 17.7 Å². The summed E-state index contributed by atoms with van der Waals surface area (Å²) in [6.45, 7) is 0. The summed E-state index contributed by atoms with van der Waals surface area (Å²) in [5.41, 5.74) is 8.08. The van der Waals surface area contributed by atoms with Crippen molar-refractivity contribution in [3.63, 3.8) is 0 Å². The average Bonchev–Trinajstić information content (AvgIpc) is 1.99. The molecule has 0 bridgehead atoms. The second-order valence-corrected chi connectivity index (χ2v) is 5.60. The predicted molar refractivity (Wildman–Crippen MR) is 60.5 cm³/mol. The Kier molecular flexibility index (Phi) is 3.86. The van der Waals surface area contributed by atoms with Crippen LogP contribution in [0.3, 0.4) is 0 Å². The van der Waals surface area contributed by atoms with Gasteiger partial charge in [0.25, 0.3) is 10.0 Å². The molecule has 0 saturated carbocycles. The quantitative estimate of drug-likeness (QED) is 0.470. The van der Waals surface area contributed by atoms with Gasteiger partial charge in [0.05, 0.1) is 10.0 Å². The molecule has 1 rings (SSSR count). The van der Waals surface area contributed by atoms with E-state index in [2.05, 4.69) is 25.4 Å². The molecule has 1 aromatic carbocycles. The Balaban J connectivity index is 3.59. The zero-order chi connectivity index (χ0) is 11.6. The molecule has 0 aromatic heterocycles. The van der Waals surface area contributed by atoms with E-state index in [0.717, 1.165) is 0 Å². The van der Waals surface area contributed by atoms with Gasteiger partial charge in [0.1, 0.15) is 4.90 Å². The lowest BCUT2D eigenvalue weighted by Crippen LogP contribution is -1.97. The first kappa shape index (κ1) is 12.6. The Hall–Kier alpha value is -0.460. The van der Waals surface area contributed by atoms with E-state index in [9.17, 15) is 8.42 Å². The first-order valence-electron chi connectivity index (χ1n) is 3.34. The van der Waals surface area contributed by atoms with Gasteiger partial charge >= 0.3 is 0 Å². The summed E-state index contributed by atoms with van der Waals surface area (Å²) in [6, 6.07) is 2.68. The third-order valence-corrected chi connectivity index (χ3v) is 3.89. The molecule has 0 N–H and O–H groups in total. The molecule has 0 unspecified atom stereocenters. The molecule has 0 heterocycles. The number of rotatable bonds is 2. The number of hydrogen-bond acceptors (Lipinski definition) is 2. The molecule has 0 saturated heterocycles. The number of benzene rings is 1. The molecule has 15 heavy (non-hydrogen) atoms. The highest BCUT2D eigenvalue weighted by Crippen LogP contribution is 2.33. The van der Waals surface area contributed by atoms with Crippen molar-refractivity contribution in [1.29, 1.82) is 0 Å². The topological polar surface area (TPSA) is 82.9 Å². The highest BCUT2D eigenvalue weighted by atomic mass is 79.9. The third kappa shape index (κ3) is 2.76. The fourth-order valence-electron chi connectivity index (χ4n) is 0.864. The average molecular weight is 331 g/mol. The summed E-state index contributed by atoms with van der Waals surface area (Å²) in [5.74, 6) is 0. The fourth-order valence-corrected chi connectivity index (χ4v) is 3.45. The Morgan fingerprint density at radius 3 is 2.20 bits per heavy atom. The third-order valence-electron chi connectivity index (χ3n) is 1.37. The minimum Gasteiger partial charge on any atom is -0.216 e. The molecule has 0 aliphatic carbocycles. The normalized spacial score (nSPS) is 10.9. The van der Waals surface area contributed by atoms with Gasteiger partial charge < -0.3 is 0 Å². The van der Waals surface area contributed by atoms with Crippen LogP contribution >= 0.6 is 39.1 Å². The molecule has 9 heteroatoms. The zero-order valence-corrected chi connectivity index (χ0v) is 10.8. The van der Waals surface area contributed by atoms with Crippen LogP contribution in [-0.2, 0) is 10.0 Å². The molecular formula is C6H2BrCl2N3O2S. The molecule has 5 nitrogen and oxygen atoms in total. The fraction of sp³-hybridized carbons (Fsp3) is 0. The molecule has 0 spiro atoms. The SMILES string of the molecule is [N-]=[N+]=NS(=O)(=O)c1c(Cl)cc(Br)cc1Cl. The molecular weight excluding hydrogens is 329 g/mol. The van der Waals surface area contributed by atoms with Crippen LogP contribution in [0.4, 0.5) is 0 Å². The van der Waals surface area contributed by atoms with Gasteiger partial charge in [0.2, 0.25) is 0 Å². The van der Waals surface area contributed by atoms with Crippen LogP contribution in [0.25, 0.3) is 10.4 Å². The van der Waals surface area contributed by atoms with Crippen LogP contribution in [0.2, 0.25) is 10.0 Å². The van der Waals surface area contributed by atoms with Gasteiger partial charge in [-0.2, -0.15) is 0 Å². The number of azide groups is 1. The zero-order valence-electron chi connectivity index (χ0n) is 6.85. The van der Waals surface area contributed by atoms with Crippen molar-refractivity contribution in [3.05, 3.63) is 37.1 Å². The van der Waals surface area contributed by atoms with Gasteiger partial charge in [0.15, 0.2) is 0 Å². The van der Waals surface area contributed by atoms with Gasteiger partial charge in [-0.1, -0.05) is 39.1 Å². The molecule has 0 radical (unpaired) electrons. The van der Waals surface area contributed by atoms with Crippen molar-refractivity contribution in [2.45, 2.75) is 4.90 Å². The van der Waals surface area contributed by atoms with E-state index in [0.29, 0.717) is 4.47 Å². The lowest BCUT2D eigenvalue weighted by atomic mass is 10.4. The number of nitrogens with zero attached hydrogens (tertiary/aromatic N) is 3. The van der Waals surface area contributed by atoms with E-state index in [1.165, 1.54) is 12.1 Å². The minimum atomic E-state index is -4.16. The van der Waals surface area contributed by atoms with Crippen LogP contribution in [0.15, 0.2) is 26.0 Å². The van der Waals surface area contributed by atoms with E-state index in [-0.39, 0.29) is 10.0 Å². The number of halogens is 3. The molecule has 0 atom stereocenters. The summed E-state index contributed by atoms with van der Waals surface area (Å²) >= 11 is 14.4. The van der Waals surface area contributed by atoms with Crippen molar-refractivity contribution >= 4 is 49.2 Å². The summed E-state index contributed by atoms with van der Waals surface area (Å²) in [7, 11) is -4.16. The number of sulfonamides is 1. The summed E-state index contributed by atoms with van der Waals surface area (Å²) < 4.78 is 25.9. The summed E-state index contributed by atoms with van der Waals surface area (Å²) in [6.07, 6.45) is 0. The maximum Gasteiger partial charge on any atom is 0.267 e. The van der Waals surface area contributed by atoms with Crippen molar-refractivity contribution < 1.29 is 8.42 Å². The van der Waals surface area contributed by atoms with Gasteiger partial charge in [0, 0.05) is 13.9 Å². The minimum absolute atomic E-state index is 0.109. The lowest BCUT2D eigenvalue weighted by Gasteiger charge is -2.04. The first-order chi connectivity index (χ1) is 6.88. The molecule has 0 amide bonds. The summed E-state index contributed by atoms with van der Waals surface area (Å²) in [4.78, 5) is 1.80. The first-order valence-corrected chi connectivity index (χ1v) is 6.33. The number of hydrogen-bond donors (Lipinski definition) is 0. The molecule has 80 valence electrons. The lowest BCUT2D eigenvalue weighted by molar-refractivity contribution is 0.597. The predicted octanol–water partition coefficient (Wildman–Crippen LogP) is 3.75. The van der Waals surface area contributed by atoms with E-state index in [1.807, 2.05) is 0 Å². The monoisotopic (exact) mass is 329 g/mol. The highest BCUT2D eigenvalue weighted by Gasteiger charge is 2.20. The standard InChI is InChI=1S/C6H2BrCl2N3O2S/c7-3-1-4(8)6(5(9)2-3)15(13,14)12-11-10/h1-2H. The van der Waals surface area contributed by atoms with Crippen LogP contribution < -0.4 is 0 Å². The Bertz CT molecular complexity index is 530. The van der Waals surface area contributed by atoms with Crippen molar-refractivity contribution in [2.75, 3.05) is 0 Å². The van der Waals surface area contributed by atoms with Crippen molar-refractivity contribution in [1.82, 2.24) is 0 Å². The second kappa shape index (κ2) is 4.59. The molecule has 0 aliphatic rings. The van der Waals surface area contributed by atoms with Crippen molar-refractivity contribution in [2.24, 2.45) is 4.52 Å². The van der Waals surface area contributed by atoms with Gasteiger partial charge in [-0.3, -0.25) is 0 Å². The smallest absolute Gasteiger partial charge is 0.216 e. The molecule has 0 fully saturated rings. The van der Waals surface area contributed by atoms with E-state index < -0.39 is 14.9 Å². The van der Waals surface area contributed by atoms with Crippen LogP contribution in [0, 0.1) is 0 Å². The van der Waals surface area contributed by atoms with Gasteiger partial charge in [-0.25, -0.2) is 8.42 Å². The van der Waals surface area contributed by atoms with E-state index >= 15 is 0 Å². The van der Waals surface area contributed by atoms with E-state index in [1.54, 1.807) is 0 Å². The van der Waals surface area contributed by atoms with Crippen LogP contribution in [0.1, 0.15) is 0 Å². The van der Waals surface area contributed by atoms with Gasteiger partial charge in [-0.15, -0.1) is 0 Å². The maximum absolute atomic E-state index is 11.4. The molecule has 0 aliphatic heterocycles. The summed E-state index contributed by atoms with van der Waals surface area (Å²) in [5, 5.41) is -0.219. The van der Waals surface area contributed by atoms with Crippen LogP contribution in [-0.4, -0.2) is 8.42 Å². The van der Waals surface area contributed by atoms with Crippen LogP contribution in [0.5, 0.6) is 0 Å². The van der Waals surface area contributed by atoms with E-state index in [4.69, 9.17) is 28.7 Å².